The quantitative estimate of drug-likeness (QED) is 0.855. The lowest BCUT2D eigenvalue weighted by atomic mass is 9.86. The van der Waals surface area contributed by atoms with Crippen molar-refractivity contribution in [3.8, 4) is 6.07 Å². The number of rotatable bonds is 3. The molecule has 0 spiro atoms. The van der Waals surface area contributed by atoms with E-state index in [1.165, 1.54) is 0 Å². The Balaban J connectivity index is 1.56. The Labute approximate surface area is 129 Å². The molecule has 1 aliphatic heterocycles. The van der Waals surface area contributed by atoms with E-state index in [0.29, 0.717) is 0 Å². The van der Waals surface area contributed by atoms with E-state index in [0.717, 1.165) is 64.1 Å². The molecular formula is C15H20N4OS. The number of thiazole rings is 1. The van der Waals surface area contributed by atoms with E-state index < -0.39 is 5.41 Å². The maximum atomic E-state index is 12.7. The lowest BCUT2D eigenvalue weighted by Crippen LogP contribution is -2.52. The van der Waals surface area contributed by atoms with Crippen LogP contribution in [0.2, 0.25) is 0 Å². The molecule has 0 bridgehead atoms. The molecule has 2 fully saturated rings. The van der Waals surface area contributed by atoms with Crippen molar-refractivity contribution in [2.45, 2.75) is 32.2 Å². The van der Waals surface area contributed by atoms with E-state index in [2.05, 4.69) is 21.3 Å². The highest BCUT2D eigenvalue weighted by Crippen LogP contribution is 2.39. The summed E-state index contributed by atoms with van der Waals surface area (Å²) >= 11 is 1.61. The van der Waals surface area contributed by atoms with Gasteiger partial charge in [0.05, 0.1) is 17.3 Å². The number of hydrogen-bond donors (Lipinski definition) is 0. The normalized spacial score (nSPS) is 22.1. The molecule has 0 unspecified atom stereocenters. The Morgan fingerprint density at radius 2 is 2.05 bits per heavy atom. The van der Waals surface area contributed by atoms with E-state index in [9.17, 15) is 10.1 Å². The molecule has 0 radical (unpaired) electrons. The maximum absolute atomic E-state index is 12.7. The fourth-order valence-electron chi connectivity index (χ4n) is 3.31. The van der Waals surface area contributed by atoms with E-state index in [-0.39, 0.29) is 5.91 Å². The van der Waals surface area contributed by atoms with E-state index >= 15 is 0 Å². The SMILES string of the molecule is N#CC1(C(=O)N2CCN(Cc3cscn3)CC2)CCCC1. The van der Waals surface area contributed by atoms with Crippen molar-refractivity contribution in [2.75, 3.05) is 26.2 Å². The third kappa shape index (κ3) is 2.94. The number of carbonyl (C=O) groups is 1. The average Bonchev–Trinajstić information content (AvgIpc) is 3.19. The van der Waals surface area contributed by atoms with Crippen molar-refractivity contribution in [1.29, 1.82) is 5.26 Å². The molecule has 1 amide bonds. The average molecular weight is 304 g/mol. The first kappa shape index (κ1) is 14.5. The highest BCUT2D eigenvalue weighted by molar-refractivity contribution is 7.07. The van der Waals surface area contributed by atoms with E-state index in [1.807, 2.05) is 10.4 Å². The summed E-state index contributed by atoms with van der Waals surface area (Å²) in [5.41, 5.74) is 2.23. The zero-order chi connectivity index (χ0) is 14.7. The minimum atomic E-state index is -0.725. The molecule has 0 aromatic carbocycles. The van der Waals surface area contributed by atoms with Gasteiger partial charge in [-0.3, -0.25) is 9.69 Å². The van der Waals surface area contributed by atoms with Crippen molar-refractivity contribution in [1.82, 2.24) is 14.8 Å². The van der Waals surface area contributed by atoms with E-state index in [1.54, 1.807) is 11.3 Å². The summed E-state index contributed by atoms with van der Waals surface area (Å²) < 4.78 is 0. The number of carbonyl (C=O) groups excluding carboxylic acids is 1. The Kier molecular flexibility index (Phi) is 4.22. The lowest BCUT2D eigenvalue weighted by Gasteiger charge is -2.37. The molecule has 3 rings (SSSR count). The van der Waals surface area contributed by atoms with Crippen LogP contribution >= 0.6 is 11.3 Å². The molecule has 5 nitrogen and oxygen atoms in total. The topological polar surface area (TPSA) is 60.2 Å². The Hall–Kier alpha value is -1.45. The molecule has 112 valence electrons. The predicted molar refractivity (Wildman–Crippen MR) is 80.5 cm³/mol. The summed E-state index contributed by atoms with van der Waals surface area (Å²) in [6.45, 7) is 4.04. The lowest BCUT2D eigenvalue weighted by molar-refractivity contribution is -0.140. The van der Waals surface area contributed by atoms with Crippen LogP contribution in [0, 0.1) is 16.7 Å². The van der Waals surface area contributed by atoms with Crippen molar-refractivity contribution >= 4 is 17.2 Å². The van der Waals surface area contributed by atoms with Gasteiger partial charge < -0.3 is 4.90 Å². The van der Waals surface area contributed by atoms with Crippen LogP contribution < -0.4 is 0 Å². The number of amides is 1. The van der Waals surface area contributed by atoms with Gasteiger partial charge in [-0.2, -0.15) is 5.26 Å². The highest BCUT2D eigenvalue weighted by atomic mass is 32.1. The first-order valence-corrected chi connectivity index (χ1v) is 8.48. The van der Waals surface area contributed by atoms with Crippen molar-refractivity contribution in [2.24, 2.45) is 5.41 Å². The van der Waals surface area contributed by atoms with Gasteiger partial charge in [0.1, 0.15) is 5.41 Å². The molecule has 1 aromatic heterocycles. The largest absolute Gasteiger partial charge is 0.339 e. The molecule has 21 heavy (non-hydrogen) atoms. The highest BCUT2D eigenvalue weighted by Gasteiger charge is 2.44. The van der Waals surface area contributed by atoms with Crippen LogP contribution in [-0.2, 0) is 11.3 Å². The van der Waals surface area contributed by atoms with Gasteiger partial charge in [-0.25, -0.2) is 4.98 Å². The maximum Gasteiger partial charge on any atom is 0.243 e. The molecule has 1 saturated heterocycles. The van der Waals surface area contributed by atoms with Gasteiger partial charge >= 0.3 is 0 Å². The summed E-state index contributed by atoms with van der Waals surface area (Å²) in [6.07, 6.45) is 3.48. The van der Waals surface area contributed by atoms with Gasteiger partial charge in [-0.1, -0.05) is 12.8 Å². The molecule has 1 saturated carbocycles. The van der Waals surface area contributed by atoms with Gasteiger partial charge in [0.25, 0.3) is 0 Å². The third-order valence-corrected chi connectivity index (χ3v) is 5.24. The number of nitrogens with zero attached hydrogens (tertiary/aromatic N) is 4. The standard InChI is InChI=1S/C15H20N4OS/c16-11-15(3-1-2-4-15)14(20)19-7-5-18(6-8-19)9-13-10-21-12-17-13/h10,12H,1-9H2. The van der Waals surface area contributed by atoms with Crippen LogP contribution in [-0.4, -0.2) is 46.9 Å². The Morgan fingerprint density at radius 1 is 1.33 bits per heavy atom. The second-order valence-electron chi connectivity index (χ2n) is 5.95. The minimum absolute atomic E-state index is 0.0656. The van der Waals surface area contributed by atoms with Crippen molar-refractivity contribution < 1.29 is 4.79 Å². The van der Waals surface area contributed by atoms with Crippen LogP contribution in [0.15, 0.2) is 10.9 Å². The third-order valence-electron chi connectivity index (χ3n) is 4.61. The van der Waals surface area contributed by atoms with Crippen molar-refractivity contribution in [3.63, 3.8) is 0 Å². The monoisotopic (exact) mass is 304 g/mol. The van der Waals surface area contributed by atoms with Gasteiger partial charge in [-0.05, 0) is 12.8 Å². The van der Waals surface area contributed by atoms with Gasteiger partial charge in [0.15, 0.2) is 0 Å². The summed E-state index contributed by atoms with van der Waals surface area (Å²) in [5, 5.41) is 11.5. The summed E-state index contributed by atoms with van der Waals surface area (Å²) in [6, 6.07) is 2.31. The first-order chi connectivity index (χ1) is 10.2. The summed E-state index contributed by atoms with van der Waals surface area (Å²) in [5.74, 6) is 0.0656. The fraction of sp³-hybridized carbons (Fsp3) is 0.667. The van der Waals surface area contributed by atoms with Crippen LogP contribution in [0.25, 0.3) is 0 Å². The number of piperazine rings is 1. The molecule has 1 aromatic rings. The first-order valence-electron chi connectivity index (χ1n) is 7.54. The Morgan fingerprint density at radius 3 is 2.62 bits per heavy atom. The van der Waals surface area contributed by atoms with Crippen LogP contribution in [0.5, 0.6) is 0 Å². The van der Waals surface area contributed by atoms with Gasteiger partial charge in [-0.15, -0.1) is 11.3 Å². The molecule has 0 atom stereocenters. The zero-order valence-electron chi connectivity index (χ0n) is 12.1. The summed E-state index contributed by atoms with van der Waals surface area (Å²) in [4.78, 5) is 21.2. The van der Waals surface area contributed by atoms with Crippen LogP contribution in [0.4, 0.5) is 0 Å². The van der Waals surface area contributed by atoms with Crippen LogP contribution in [0.3, 0.4) is 0 Å². The summed E-state index contributed by atoms with van der Waals surface area (Å²) in [7, 11) is 0. The zero-order valence-corrected chi connectivity index (χ0v) is 12.9. The van der Waals surface area contributed by atoms with Gasteiger partial charge in [0, 0.05) is 38.1 Å². The fourth-order valence-corrected chi connectivity index (χ4v) is 3.86. The smallest absolute Gasteiger partial charge is 0.243 e. The number of nitriles is 1. The van der Waals surface area contributed by atoms with E-state index in [4.69, 9.17) is 0 Å². The predicted octanol–water partition coefficient (Wildman–Crippen LogP) is 1.87. The molecule has 2 heterocycles. The second-order valence-corrected chi connectivity index (χ2v) is 6.67. The second kappa shape index (κ2) is 6.12. The number of aromatic nitrogens is 1. The van der Waals surface area contributed by atoms with Crippen LogP contribution in [0.1, 0.15) is 31.4 Å². The Bertz CT molecular complexity index is 522. The molecular weight excluding hydrogens is 284 g/mol. The molecule has 2 aliphatic rings. The van der Waals surface area contributed by atoms with Gasteiger partial charge in [0.2, 0.25) is 5.91 Å². The minimum Gasteiger partial charge on any atom is -0.339 e. The molecule has 0 N–H and O–H groups in total. The number of hydrogen-bond acceptors (Lipinski definition) is 5. The molecule has 6 heteroatoms. The van der Waals surface area contributed by atoms with Crippen molar-refractivity contribution in [3.05, 3.63) is 16.6 Å². The molecule has 1 aliphatic carbocycles.